The zero-order valence-electron chi connectivity index (χ0n) is 19.5. The van der Waals surface area contributed by atoms with E-state index in [2.05, 4.69) is 81.7 Å². The normalized spacial score (nSPS) is 51.8. The van der Waals surface area contributed by atoms with Crippen molar-refractivity contribution in [1.82, 2.24) is 0 Å². The maximum absolute atomic E-state index is 2.84. The third-order valence-electron chi connectivity index (χ3n) is 10.3. The molecule has 0 spiro atoms. The minimum Gasteiger partial charge on any atom is -0.127 e. The summed E-state index contributed by atoms with van der Waals surface area (Å²) in [5.41, 5.74) is 1.96. The minimum absolute atomic E-state index is 0.818. The molecule has 9 unspecified atom stereocenters. The number of rotatable bonds is 2. The van der Waals surface area contributed by atoms with E-state index in [1.165, 1.54) is 32.1 Å². The fourth-order valence-corrected chi connectivity index (χ4v) is 20.4. The molecule has 3 fully saturated rings. The maximum atomic E-state index is 2.84. The summed E-state index contributed by atoms with van der Waals surface area (Å²) in [6.45, 7) is 13.1. The highest BCUT2D eigenvalue weighted by Gasteiger charge is 2.63. The van der Waals surface area contributed by atoms with Crippen LogP contribution in [0.15, 0.2) is 34.1 Å². The van der Waals surface area contributed by atoms with Crippen molar-refractivity contribution in [1.29, 1.82) is 0 Å². The lowest BCUT2D eigenvalue weighted by molar-refractivity contribution is 0.159. The molecule has 164 valence electrons. The Kier molecular flexibility index (Phi) is 5.06. The van der Waals surface area contributed by atoms with Crippen LogP contribution >= 0.6 is 23.5 Å². The first kappa shape index (κ1) is 20.7. The summed E-state index contributed by atoms with van der Waals surface area (Å²) in [5.74, 6) is 6.42. The van der Waals surface area contributed by atoms with Gasteiger partial charge in [-0.3, -0.25) is 0 Å². The Morgan fingerprint density at radius 3 is 2.10 bits per heavy atom. The van der Waals surface area contributed by atoms with Crippen LogP contribution in [0.4, 0.5) is 0 Å². The molecule has 0 nitrogen and oxygen atoms in total. The highest BCUT2D eigenvalue weighted by atomic mass is 32.2. The molecular weight excluding hydrogens is 417 g/mol. The first-order valence-electron chi connectivity index (χ1n) is 12.7. The van der Waals surface area contributed by atoms with Gasteiger partial charge in [-0.25, -0.2) is 0 Å². The predicted octanol–water partition coefficient (Wildman–Crippen LogP) is 8.37. The third-order valence-corrected chi connectivity index (χ3v) is 18.7. The van der Waals surface area contributed by atoms with Gasteiger partial charge in [0.1, 0.15) is 0 Å². The van der Waals surface area contributed by atoms with Crippen LogP contribution in [0.25, 0.3) is 0 Å². The molecule has 2 heterocycles. The number of fused-ring (bicyclic) bond motifs is 6. The fourth-order valence-electron chi connectivity index (χ4n) is 9.50. The van der Waals surface area contributed by atoms with Gasteiger partial charge in [-0.15, -0.1) is 23.5 Å². The monoisotopic (exact) mass is 456 g/mol. The largest absolute Gasteiger partial charge is 0.127 e. The second-order valence-corrected chi connectivity index (χ2v) is 20.0. The van der Waals surface area contributed by atoms with Gasteiger partial charge in [0.15, 0.2) is 0 Å². The molecule has 0 amide bonds. The van der Waals surface area contributed by atoms with Crippen LogP contribution < -0.4 is 0 Å². The molecular formula is C27H40S2Si. The molecule has 0 aromatic carbocycles. The Bertz CT molecular complexity index is 778. The van der Waals surface area contributed by atoms with Crippen LogP contribution in [0.2, 0.25) is 24.2 Å². The number of thioether (sulfide) groups is 2. The minimum atomic E-state index is -1.46. The van der Waals surface area contributed by atoms with Crippen molar-refractivity contribution in [3.05, 3.63) is 34.1 Å². The van der Waals surface area contributed by atoms with E-state index in [1.54, 1.807) is 9.81 Å². The smallest absolute Gasteiger partial charge is 0.0569 e. The van der Waals surface area contributed by atoms with E-state index in [4.69, 9.17) is 0 Å². The first-order valence-corrected chi connectivity index (χ1v) is 17.7. The van der Waals surface area contributed by atoms with Crippen LogP contribution in [0.5, 0.6) is 0 Å². The van der Waals surface area contributed by atoms with Crippen LogP contribution in [-0.2, 0) is 0 Å². The first-order chi connectivity index (χ1) is 14.4. The average molecular weight is 457 g/mol. The molecule has 0 N–H and O–H groups in total. The maximum Gasteiger partial charge on any atom is 0.0569 e. The van der Waals surface area contributed by atoms with Gasteiger partial charge in [-0.05, 0) is 95.4 Å². The Morgan fingerprint density at radius 2 is 1.43 bits per heavy atom. The number of hydrogen-bond donors (Lipinski definition) is 0. The summed E-state index contributed by atoms with van der Waals surface area (Å²) >= 11 is 4.54. The van der Waals surface area contributed by atoms with Crippen molar-refractivity contribution in [3.8, 4) is 0 Å². The summed E-state index contributed by atoms with van der Waals surface area (Å²) in [6.07, 6.45) is 18.3. The fraction of sp³-hybridized carbons (Fsp3) is 0.778. The molecule has 6 rings (SSSR count). The Balaban J connectivity index is 1.34. The van der Waals surface area contributed by atoms with Crippen molar-refractivity contribution in [2.24, 2.45) is 41.4 Å². The van der Waals surface area contributed by atoms with E-state index in [0.29, 0.717) is 0 Å². The molecule has 0 aromatic rings. The van der Waals surface area contributed by atoms with Crippen LogP contribution in [-0.4, -0.2) is 18.6 Å². The van der Waals surface area contributed by atoms with Gasteiger partial charge in [-0.1, -0.05) is 57.2 Å². The molecule has 0 saturated heterocycles. The quantitative estimate of drug-likeness (QED) is 0.302. The molecule has 6 aliphatic rings. The van der Waals surface area contributed by atoms with Gasteiger partial charge in [0.2, 0.25) is 0 Å². The van der Waals surface area contributed by atoms with Gasteiger partial charge in [0.25, 0.3) is 0 Å². The summed E-state index contributed by atoms with van der Waals surface area (Å²) < 4.78 is 0. The molecule has 11 atom stereocenters. The summed E-state index contributed by atoms with van der Waals surface area (Å²) in [6, 6.07) is 0. The van der Waals surface area contributed by atoms with E-state index in [9.17, 15) is 0 Å². The van der Waals surface area contributed by atoms with E-state index >= 15 is 0 Å². The van der Waals surface area contributed by atoms with Gasteiger partial charge < -0.3 is 0 Å². The standard InChI is InChI=1S/C27H40S2Si/c1-15-12-21-19-9-7-6-8-18(19)10-11-20(21)26(15)30(4,5)27-24-22(13-16(2)28-24)23-14-17(3)29-25(23)27/h10-11,13-15,18-27H,6-9,12H2,1-5H3/t15?,18?,19-,20?,21?,22-,23?,24?,25?,26?,27?/m0/s1. The molecule has 2 aliphatic heterocycles. The van der Waals surface area contributed by atoms with Crippen LogP contribution in [0.3, 0.4) is 0 Å². The lowest BCUT2D eigenvalue weighted by Crippen LogP contribution is -2.48. The summed E-state index contributed by atoms with van der Waals surface area (Å²) in [7, 11) is -1.46. The summed E-state index contributed by atoms with van der Waals surface area (Å²) in [4.78, 5) is 3.22. The van der Waals surface area contributed by atoms with Gasteiger partial charge >= 0.3 is 0 Å². The molecule has 30 heavy (non-hydrogen) atoms. The van der Waals surface area contributed by atoms with Gasteiger partial charge in [0.05, 0.1) is 8.07 Å². The third kappa shape index (κ3) is 2.93. The molecule has 3 heteroatoms. The van der Waals surface area contributed by atoms with Crippen molar-refractivity contribution >= 4 is 31.6 Å². The van der Waals surface area contributed by atoms with E-state index in [0.717, 1.165) is 63.0 Å². The molecule has 0 radical (unpaired) electrons. The van der Waals surface area contributed by atoms with Crippen molar-refractivity contribution in [3.63, 3.8) is 0 Å². The number of allylic oxidation sites excluding steroid dienone is 6. The van der Waals surface area contributed by atoms with Crippen molar-refractivity contribution in [2.75, 3.05) is 0 Å². The van der Waals surface area contributed by atoms with Gasteiger partial charge in [-0.2, -0.15) is 0 Å². The molecule has 3 saturated carbocycles. The molecule has 0 aromatic heterocycles. The van der Waals surface area contributed by atoms with Crippen LogP contribution in [0, 0.1) is 41.4 Å². The molecule has 4 aliphatic carbocycles. The number of hydrogen-bond acceptors (Lipinski definition) is 2. The Hall–Kier alpha value is 0.137. The Labute approximate surface area is 194 Å². The van der Waals surface area contributed by atoms with E-state index in [-0.39, 0.29) is 0 Å². The van der Waals surface area contributed by atoms with Crippen molar-refractivity contribution < 1.29 is 0 Å². The second kappa shape index (κ2) is 7.32. The SMILES string of the molecule is CC1=CC2C(S1)C([Si](C)(C)C1C(C)CC3C1C=CC1CCCC[C@@H]13)C1SC(C)=C[C@@H]21. The topological polar surface area (TPSA) is 0 Å². The lowest BCUT2D eigenvalue weighted by Gasteiger charge is -2.47. The van der Waals surface area contributed by atoms with Gasteiger partial charge in [0, 0.05) is 10.5 Å². The zero-order valence-corrected chi connectivity index (χ0v) is 22.1. The Morgan fingerprint density at radius 1 is 0.800 bits per heavy atom. The van der Waals surface area contributed by atoms with Crippen molar-refractivity contribution in [2.45, 2.75) is 87.6 Å². The second-order valence-electron chi connectivity index (χ2n) is 12.2. The lowest BCUT2D eigenvalue weighted by atomic mass is 9.66. The average Bonchev–Trinajstić information content (AvgIpc) is 3.40. The van der Waals surface area contributed by atoms with E-state index < -0.39 is 8.07 Å². The molecule has 0 bridgehead atoms. The summed E-state index contributed by atoms with van der Waals surface area (Å²) in [5, 5.41) is 1.75. The van der Waals surface area contributed by atoms with Crippen LogP contribution in [0.1, 0.15) is 52.9 Å². The zero-order chi connectivity index (χ0) is 20.8. The van der Waals surface area contributed by atoms with E-state index in [1.807, 2.05) is 0 Å². The highest BCUT2D eigenvalue weighted by molar-refractivity contribution is 8.05. The highest BCUT2D eigenvalue weighted by Crippen LogP contribution is 2.69. The predicted molar refractivity (Wildman–Crippen MR) is 138 cm³/mol.